The van der Waals surface area contributed by atoms with Gasteiger partial charge in [0.05, 0.1) is 11.6 Å². The van der Waals surface area contributed by atoms with Crippen LogP contribution in [0.2, 0.25) is 0 Å². The van der Waals surface area contributed by atoms with Gasteiger partial charge < -0.3 is 0 Å². The van der Waals surface area contributed by atoms with Crippen molar-refractivity contribution in [3.8, 4) is 6.07 Å². The Morgan fingerprint density at radius 1 is 1.00 bits per heavy atom. The van der Waals surface area contributed by atoms with Gasteiger partial charge in [-0.2, -0.15) is 5.26 Å². The summed E-state index contributed by atoms with van der Waals surface area (Å²) in [6.45, 7) is 0. The zero-order valence-corrected chi connectivity index (χ0v) is 9.10. The Labute approximate surface area is 99.5 Å². The number of nitrogens with zero attached hydrogens (tertiary/aromatic N) is 1. The van der Waals surface area contributed by atoms with Gasteiger partial charge in [-0.05, 0) is 29.3 Å². The van der Waals surface area contributed by atoms with Gasteiger partial charge in [0.1, 0.15) is 5.82 Å². The molecule has 0 atom stereocenters. The van der Waals surface area contributed by atoms with E-state index in [9.17, 15) is 4.39 Å². The van der Waals surface area contributed by atoms with Crippen LogP contribution in [0.4, 0.5) is 4.39 Å². The van der Waals surface area contributed by atoms with Gasteiger partial charge >= 0.3 is 0 Å². The molecule has 0 aliphatic heterocycles. The first-order chi connectivity index (χ1) is 8.29. The van der Waals surface area contributed by atoms with E-state index in [-0.39, 0.29) is 5.82 Å². The quantitative estimate of drug-likeness (QED) is 0.559. The molecular formula is C15H10FN. The maximum atomic E-state index is 12.7. The molecule has 0 N–H and O–H groups in total. The first kappa shape index (κ1) is 11.1. The van der Waals surface area contributed by atoms with Crippen LogP contribution in [0.25, 0.3) is 11.6 Å². The predicted octanol–water partition coefficient (Wildman–Crippen LogP) is 3.89. The lowest BCUT2D eigenvalue weighted by atomic mass is 10.0. The Morgan fingerprint density at radius 2 is 1.65 bits per heavy atom. The molecule has 0 radical (unpaired) electrons. The highest BCUT2D eigenvalue weighted by atomic mass is 19.1. The van der Waals surface area contributed by atoms with E-state index in [2.05, 4.69) is 6.07 Å². The van der Waals surface area contributed by atoms with E-state index in [0.717, 1.165) is 11.1 Å². The molecule has 0 saturated heterocycles. The second kappa shape index (κ2) is 5.09. The van der Waals surface area contributed by atoms with Gasteiger partial charge in [-0.15, -0.1) is 0 Å². The van der Waals surface area contributed by atoms with Crippen molar-refractivity contribution in [3.05, 3.63) is 71.5 Å². The highest BCUT2D eigenvalue weighted by molar-refractivity contribution is 5.89. The van der Waals surface area contributed by atoms with Crippen LogP contribution in [0.5, 0.6) is 0 Å². The van der Waals surface area contributed by atoms with Crippen LogP contribution in [0, 0.1) is 17.1 Å². The van der Waals surface area contributed by atoms with Gasteiger partial charge in [-0.3, -0.25) is 0 Å². The molecule has 2 rings (SSSR count). The Balaban J connectivity index is 2.37. The SMILES string of the molecule is N#CC(=Cc1ccc(F)cc1)c1ccccc1. The fraction of sp³-hybridized carbons (Fsp3) is 0. The van der Waals surface area contributed by atoms with Crippen LogP contribution in [-0.4, -0.2) is 0 Å². The van der Waals surface area contributed by atoms with Crippen molar-refractivity contribution < 1.29 is 4.39 Å². The fourth-order valence-corrected chi connectivity index (χ4v) is 1.52. The van der Waals surface area contributed by atoms with Crippen LogP contribution in [-0.2, 0) is 0 Å². The molecule has 1 nitrogen and oxygen atoms in total. The van der Waals surface area contributed by atoms with Gasteiger partial charge in [0.2, 0.25) is 0 Å². The molecule has 0 aliphatic carbocycles. The van der Waals surface area contributed by atoms with Gasteiger partial charge in [-0.1, -0.05) is 42.5 Å². The largest absolute Gasteiger partial charge is 0.207 e. The summed E-state index contributed by atoms with van der Waals surface area (Å²) in [5.74, 6) is -0.277. The number of allylic oxidation sites excluding steroid dienone is 1. The lowest BCUT2D eigenvalue weighted by Crippen LogP contribution is -1.81. The highest BCUT2D eigenvalue weighted by Crippen LogP contribution is 2.17. The van der Waals surface area contributed by atoms with Crippen molar-refractivity contribution in [2.75, 3.05) is 0 Å². The molecule has 0 fully saturated rings. The molecule has 0 bridgehead atoms. The summed E-state index contributed by atoms with van der Waals surface area (Å²) < 4.78 is 12.7. The molecule has 0 heterocycles. The topological polar surface area (TPSA) is 23.8 Å². The van der Waals surface area contributed by atoms with Crippen molar-refractivity contribution in [3.63, 3.8) is 0 Å². The molecule has 0 aliphatic rings. The average Bonchev–Trinajstić information content (AvgIpc) is 2.39. The zero-order chi connectivity index (χ0) is 12.1. The molecular weight excluding hydrogens is 213 g/mol. The normalized spacial score (nSPS) is 10.9. The molecule has 0 spiro atoms. The summed E-state index contributed by atoms with van der Waals surface area (Å²) in [6, 6.07) is 17.6. The molecule has 82 valence electrons. The molecule has 17 heavy (non-hydrogen) atoms. The minimum absolute atomic E-state index is 0.277. The van der Waals surface area contributed by atoms with Gasteiger partial charge in [0.15, 0.2) is 0 Å². The standard InChI is InChI=1S/C15H10FN/c16-15-8-6-12(7-9-15)10-14(11-17)13-4-2-1-3-5-13/h1-10H. The average molecular weight is 223 g/mol. The van der Waals surface area contributed by atoms with E-state index in [1.165, 1.54) is 12.1 Å². The van der Waals surface area contributed by atoms with E-state index in [1.807, 2.05) is 30.3 Å². The third kappa shape index (κ3) is 2.79. The number of hydrogen-bond donors (Lipinski definition) is 0. The third-order valence-electron chi connectivity index (χ3n) is 2.39. The van der Waals surface area contributed by atoms with E-state index in [4.69, 9.17) is 5.26 Å². The first-order valence-corrected chi connectivity index (χ1v) is 5.22. The Kier molecular flexibility index (Phi) is 3.32. The summed E-state index contributed by atoms with van der Waals surface area (Å²) >= 11 is 0. The maximum absolute atomic E-state index is 12.7. The van der Waals surface area contributed by atoms with Gasteiger partial charge in [0, 0.05) is 0 Å². The second-order valence-corrected chi connectivity index (χ2v) is 3.59. The summed E-state index contributed by atoms with van der Waals surface area (Å²) in [6.07, 6.45) is 1.74. The van der Waals surface area contributed by atoms with Crippen molar-refractivity contribution in [1.82, 2.24) is 0 Å². The third-order valence-corrected chi connectivity index (χ3v) is 2.39. The Morgan fingerprint density at radius 3 is 2.24 bits per heavy atom. The Hall–Kier alpha value is -2.40. The van der Waals surface area contributed by atoms with Crippen LogP contribution in [0.1, 0.15) is 11.1 Å². The zero-order valence-electron chi connectivity index (χ0n) is 9.10. The van der Waals surface area contributed by atoms with Crippen molar-refractivity contribution >= 4 is 11.6 Å². The number of nitriles is 1. The number of rotatable bonds is 2. The number of benzene rings is 2. The van der Waals surface area contributed by atoms with Crippen molar-refractivity contribution in [2.45, 2.75) is 0 Å². The Bertz CT molecular complexity index is 562. The summed E-state index contributed by atoms with van der Waals surface area (Å²) in [7, 11) is 0. The fourth-order valence-electron chi connectivity index (χ4n) is 1.52. The predicted molar refractivity (Wildman–Crippen MR) is 66.3 cm³/mol. The van der Waals surface area contributed by atoms with Crippen molar-refractivity contribution in [1.29, 1.82) is 5.26 Å². The summed E-state index contributed by atoms with van der Waals surface area (Å²) in [5, 5.41) is 9.10. The molecule has 2 aromatic rings. The van der Waals surface area contributed by atoms with E-state index in [0.29, 0.717) is 5.57 Å². The van der Waals surface area contributed by atoms with Crippen molar-refractivity contribution in [2.24, 2.45) is 0 Å². The molecule has 0 amide bonds. The first-order valence-electron chi connectivity index (χ1n) is 5.22. The monoisotopic (exact) mass is 223 g/mol. The van der Waals surface area contributed by atoms with Gasteiger partial charge in [0.25, 0.3) is 0 Å². The van der Waals surface area contributed by atoms with E-state index in [1.54, 1.807) is 18.2 Å². The van der Waals surface area contributed by atoms with Crippen LogP contribution in [0.3, 0.4) is 0 Å². The minimum atomic E-state index is -0.277. The van der Waals surface area contributed by atoms with E-state index >= 15 is 0 Å². The molecule has 0 aromatic heterocycles. The van der Waals surface area contributed by atoms with Crippen LogP contribution < -0.4 is 0 Å². The molecule has 2 aromatic carbocycles. The smallest absolute Gasteiger partial charge is 0.123 e. The highest BCUT2D eigenvalue weighted by Gasteiger charge is 1.99. The lowest BCUT2D eigenvalue weighted by Gasteiger charge is -1.99. The molecule has 2 heteroatoms. The maximum Gasteiger partial charge on any atom is 0.123 e. The number of halogens is 1. The number of hydrogen-bond acceptors (Lipinski definition) is 1. The van der Waals surface area contributed by atoms with E-state index < -0.39 is 0 Å². The molecule has 0 saturated carbocycles. The van der Waals surface area contributed by atoms with Gasteiger partial charge in [-0.25, -0.2) is 4.39 Å². The molecule has 0 unspecified atom stereocenters. The minimum Gasteiger partial charge on any atom is -0.207 e. The van der Waals surface area contributed by atoms with Crippen LogP contribution >= 0.6 is 0 Å². The summed E-state index contributed by atoms with van der Waals surface area (Å²) in [4.78, 5) is 0. The van der Waals surface area contributed by atoms with Crippen LogP contribution in [0.15, 0.2) is 54.6 Å². The lowest BCUT2D eigenvalue weighted by molar-refractivity contribution is 0.628. The second-order valence-electron chi connectivity index (χ2n) is 3.59. The summed E-state index contributed by atoms with van der Waals surface area (Å²) in [5.41, 5.74) is 2.24.